The Balaban J connectivity index is 1.71. The van der Waals surface area contributed by atoms with Gasteiger partial charge in [0.15, 0.2) is 0 Å². The van der Waals surface area contributed by atoms with Gasteiger partial charge in [-0.25, -0.2) is 8.42 Å². The number of anilines is 1. The summed E-state index contributed by atoms with van der Waals surface area (Å²) in [6.45, 7) is 4.26. The molecule has 1 aliphatic rings. The van der Waals surface area contributed by atoms with Crippen molar-refractivity contribution < 1.29 is 22.7 Å². The number of nitrogens with one attached hydrogen (secondary N) is 1. The Kier molecular flexibility index (Phi) is 11.2. The number of carbonyl (C=O) groups is 2. The van der Waals surface area contributed by atoms with Gasteiger partial charge in [-0.1, -0.05) is 50.5 Å². The van der Waals surface area contributed by atoms with Crippen molar-refractivity contribution in [3.8, 4) is 5.75 Å². The highest BCUT2D eigenvalue weighted by molar-refractivity contribution is 7.92. The zero-order chi connectivity index (χ0) is 28.4. The van der Waals surface area contributed by atoms with Crippen molar-refractivity contribution in [3.05, 3.63) is 59.7 Å². The number of amides is 2. The molecule has 1 aliphatic carbocycles. The first kappa shape index (κ1) is 30.5. The molecular weight excluding hydrogens is 514 g/mol. The summed E-state index contributed by atoms with van der Waals surface area (Å²) in [5.41, 5.74) is 2.59. The third kappa shape index (κ3) is 8.98. The van der Waals surface area contributed by atoms with E-state index < -0.39 is 16.1 Å². The molecule has 1 atom stereocenters. The van der Waals surface area contributed by atoms with Crippen molar-refractivity contribution in [2.45, 2.75) is 83.8 Å². The number of rotatable bonds is 13. The van der Waals surface area contributed by atoms with Gasteiger partial charge in [0.2, 0.25) is 21.8 Å². The maximum absolute atomic E-state index is 13.5. The van der Waals surface area contributed by atoms with Gasteiger partial charge in [0.1, 0.15) is 11.8 Å². The molecule has 0 heterocycles. The van der Waals surface area contributed by atoms with E-state index >= 15 is 0 Å². The second kappa shape index (κ2) is 14.4. The van der Waals surface area contributed by atoms with E-state index in [0.717, 1.165) is 43.2 Å². The third-order valence-corrected chi connectivity index (χ3v) is 8.61. The lowest BCUT2D eigenvalue weighted by Crippen LogP contribution is -2.50. The fraction of sp³-hybridized carbons (Fsp3) is 0.533. The maximum atomic E-state index is 13.5. The molecule has 3 rings (SSSR count). The van der Waals surface area contributed by atoms with E-state index in [-0.39, 0.29) is 37.4 Å². The van der Waals surface area contributed by atoms with Gasteiger partial charge < -0.3 is 15.0 Å². The molecule has 0 aromatic heterocycles. The molecule has 0 unspecified atom stereocenters. The van der Waals surface area contributed by atoms with E-state index in [4.69, 9.17) is 4.74 Å². The third-order valence-electron chi connectivity index (χ3n) is 7.42. The fourth-order valence-electron chi connectivity index (χ4n) is 4.98. The molecule has 0 spiro atoms. The summed E-state index contributed by atoms with van der Waals surface area (Å²) in [6.07, 6.45) is 7.82. The van der Waals surface area contributed by atoms with E-state index in [9.17, 15) is 18.0 Å². The van der Waals surface area contributed by atoms with Gasteiger partial charge in [0.05, 0.1) is 19.1 Å². The Bertz CT molecular complexity index is 1180. The second-order valence-corrected chi connectivity index (χ2v) is 12.3. The molecule has 1 fully saturated rings. The number of benzene rings is 2. The van der Waals surface area contributed by atoms with Crippen LogP contribution < -0.4 is 14.4 Å². The van der Waals surface area contributed by atoms with Crippen molar-refractivity contribution in [3.63, 3.8) is 0 Å². The average molecular weight is 558 g/mol. The van der Waals surface area contributed by atoms with Gasteiger partial charge in [-0.3, -0.25) is 13.9 Å². The van der Waals surface area contributed by atoms with Crippen LogP contribution in [0.2, 0.25) is 0 Å². The molecule has 2 aromatic rings. The molecule has 0 saturated heterocycles. The lowest BCUT2D eigenvalue weighted by atomic mass is 9.95. The number of aryl methyl sites for hydroxylation is 1. The predicted molar refractivity (Wildman–Crippen MR) is 155 cm³/mol. The van der Waals surface area contributed by atoms with Crippen molar-refractivity contribution in [2.24, 2.45) is 0 Å². The van der Waals surface area contributed by atoms with E-state index in [1.165, 1.54) is 17.0 Å². The van der Waals surface area contributed by atoms with Crippen molar-refractivity contribution in [2.75, 3.05) is 24.2 Å². The molecule has 9 heteroatoms. The van der Waals surface area contributed by atoms with Crippen LogP contribution in [-0.2, 0) is 32.6 Å². The molecule has 39 heavy (non-hydrogen) atoms. The minimum absolute atomic E-state index is 0.121. The standard InChI is InChI=1S/C30H43N3O5S/c1-5-24-13-17-27(18-14-24)33(39(4,36)37)21-9-12-29(34)32(22-25-15-19-28(38-3)20-16-25)23(2)30(35)31-26-10-7-6-8-11-26/h13-20,23,26H,5-12,21-22H2,1-4H3,(H,31,35)/t23-/m1/s1. The van der Waals surface area contributed by atoms with E-state index in [1.807, 2.05) is 43.3 Å². The maximum Gasteiger partial charge on any atom is 0.242 e. The number of nitrogens with zero attached hydrogens (tertiary/aromatic N) is 2. The van der Waals surface area contributed by atoms with E-state index in [1.54, 1.807) is 31.1 Å². The fourth-order valence-corrected chi connectivity index (χ4v) is 5.95. The molecule has 2 aromatic carbocycles. The van der Waals surface area contributed by atoms with Crippen molar-refractivity contribution in [1.82, 2.24) is 10.2 Å². The zero-order valence-corrected chi connectivity index (χ0v) is 24.5. The summed E-state index contributed by atoms with van der Waals surface area (Å²) < 4.78 is 31.7. The smallest absolute Gasteiger partial charge is 0.242 e. The van der Waals surface area contributed by atoms with Crippen LogP contribution in [0.15, 0.2) is 48.5 Å². The average Bonchev–Trinajstić information content (AvgIpc) is 2.94. The molecule has 1 saturated carbocycles. The van der Waals surface area contributed by atoms with Crippen LogP contribution in [0.25, 0.3) is 0 Å². The Morgan fingerprint density at radius 2 is 1.62 bits per heavy atom. The van der Waals surface area contributed by atoms with Gasteiger partial charge >= 0.3 is 0 Å². The second-order valence-electron chi connectivity index (χ2n) is 10.3. The summed E-state index contributed by atoms with van der Waals surface area (Å²) in [5.74, 6) is 0.372. The lowest BCUT2D eigenvalue weighted by Gasteiger charge is -2.31. The number of hydrogen-bond acceptors (Lipinski definition) is 5. The zero-order valence-electron chi connectivity index (χ0n) is 23.7. The summed E-state index contributed by atoms with van der Waals surface area (Å²) in [4.78, 5) is 28.3. The minimum atomic E-state index is -3.52. The molecule has 1 N–H and O–H groups in total. The first-order chi connectivity index (χ1) is 18.6. The highest BCUT2D eigenvalue weighted by Crippen LogP contribution is 2.22. The largest absolute Gasteiger partial charge is 0.497 e. The molecule has 2 amide bonds. The SMILES string of the molecule is CCc1ccc(N(CCCC(=O)N(Cc2ccc(OC)cc2)[C@H](C)C(=O)NC2CCCCC2)S(C)(=O)=O)cc1. The van der Waals surface area contributed by atoms with Crippen LogP contribution in [-0.4, -0.2) is 57.1 Å². The van der Waals surface area contributed by atoms with E-state index in [0.29, 0.717) is 17.9 Å². The van der Waals surface area contributed by atoms with Crippen LogP contribution in [0.3, 0.4) is 0 Å². The van der Waals surface area contributed by atoms with Gasteiger partial charge in [-0.05, 0) is 68.0 Å². The summed E-state index contributed by atoms with van der Waals surface area (Å²) in [6, 6.07) is 14.4. The van der Waals surface area contributed by atoms with Gasteiger partial charge in [0.25, 0.3) is 0 Å². The molecule has 0 radical (unpaired) electrons. The van der Waals surface area contributed by atoms with Gasteiger partial charge in [0, 0.05) is 25.6 Å². The summed E-state index contributed by atoms with van der Waals surface area (Å²) >= 11 is 0. The number of hydrogen-bond donors (Lipinski definition) is 1. The van der Waals surface area contributed by atoms with Crippen LogP contribution in [0.1, 0.15) is 69.9 Å². The molecule has 0 aliphatic heterocycles. The van der Waals surface area contributed by atoms with Crippen LogP contribution in [0, 0.1) is 0 Å². The summed E-state index contributed by atoms with van der Waals surface area (Å²) in [5, 5.41) is 3.14. The molecule has 0 bridgehead atoms. The highest BCUT2D eigenvalue weighted by Gasteiger charge is 2.28. The van der Waals surface area contributed by atoms with Crippen LogP contribution >= 0.6 is 0 Å². The van der Waals surface area contributed by atoms with Crippen LogP contribution in [0.4, 0.5) is 5.69 Å². The van der Waals surface area contributed by atoms with Crippen molar-refractivity contribution in [1.29, 1.82) is 0 Å². The number of sulfonamides is 1. The van der Waals surface area contributed by atoms with Gasteiger partial charge in [-0.15, -0.1) is 0 Å². The molecule has 214 valence electrons. The Morgan fingerprint density at radius 1 is 1.00 bits per heavy atom. The highest BCUT2D eigenvalue weighted by atomic mass is 32.2. The van der Waals surface area contributed by atoms with E-state index in [2.05, 4.69) is 5.32 Å². The normalized spacial score (nSPS) is 14.9. The molecular formula is C30H43N3O5S. The monoisotopic (exact) mass is 557 g/mol. The Hall–Kier alpha value is -3.07. The Labute approximate surface area is 233 Å². The lowest BCUT2D eigenvalue weighted by molar-refractivity contribution is -0.141. The first-order valence-electron chi connectivity index (χ1n) is 13.9. The first-order valence-corrected chi connectivity index (χ1v) is 15.8. The number of carbonyl (C=O) groups excluding carboxylic acids is 2. The Morgan fingerprint density at radius 3 is 2.18 bits per heavy atom. The van der Waals surface area contributed by atoms with Crippen molar-refractivity contribution >= 4 is 27.5 Å². The quantitative estimate of drug-likeness (QED) is 0.386. The molecule has 8 nitrogen and oxygen atoms in total. The van der Waals surface area contributed by atoms with Crippen LogP contribution in [0.5, 0.6) is 5.75 Å². The number of ether oxygens (including phenoxy) is 1. The topological polar surface area (TPSA) is 96.0 Å². The summed E-state index contributed by atoms with van der Waals surface area (Å²) in [7, 11) is -1.93. The predicted octanol–water partition coefficient (Wildman–Crippen LogP) is 4.67. The van der Waals surface area contributed by atoms with Gasteiger partial charge in [-0.2, -0.15) is 0 Å². The minimum Gasteiger partial charge on any atom is -0.497 e. The number of methoxy groups -OCH3 is 1.